The number of halogens is 1. The summed E-state index contributed by atoms with van der Waals surface area (Å²) in [5, 5.41) is 4.05. The molecule has 1 N–H and O–H groups in total. The highest BCUT2D eigenvalue weighted by atomic mass is 35.5. The Morgan fingerprint density at radius 2 is 2.12 bits per heavy atom. The van der Waals surface area contributed by atoms with Gasteiger partial charge >= 0.3 is 0 Å². The van der Waals surface area contributed by atoms with Gasteiger partial charge < -0.3 is 5.32 Å². The number of thioether (sulfide) groups is 1. The third kappa shape index (κ3) is 3.90. The lowest BCUT2D eigenvalue weighted by Crippen LogP contribution is -2.04. The fraction of sp³-hybridized carbons (Fsp3) is 0.571. The van der Waals surface area contributed by atoms with Crippen molar-refractivity contribution < 1.29 is 0 Å². The molecule has 0 unspecified atom stereocenters. The van der Waals surface area contributed by atoms with Gasteiger partial charge in [0.1, 0.15) is 0 Å². The molecule has 0 bridgehead atoms. The minimum absolute atomic E-state index is 0.882. The highest BCUT2D eigenvalue weighted by molar-refractivity contribution is 7.99. The standard InChI is InChI=1S/C14H20ClNS/c1-16-9-12-6-7-14(13(15)8-12)17-10-11-4-2-3-5-11/h6-8,11,16H,2-5,9-10H2,1H3. The number of hydrogen-bond donors (Lipinski definition) is 1. The largest absolute Gasteiger partial charge is 0.316 e. The second kappa shape index (κ2) is 6.67. The second-order valence-electron chi connectivity index (χ2n) is 4.76. The predicted molar refractivity (Wildman–Crippen MR) is 76.9 cm³/mol. The van der Waals surface area contributed by atoms with E-state index in [-0.39, 0.29) is 0 Å². The molecule has 0 aliphatic heterocycles. The molecule has 1 fully saturated rings. The zero-order chi connectivity index (χ0) is 12.1. The number of nitrogens with one attached hydrogen (secondary N) is 1. The molecule has 0 heterocycles. The molecule has 17 heavy (non-hydrogen) atoms. The summed E-state index contributed by atoms with van der Waals surface area (Å²) in [5.74, 6) is 2.14. The number of benzene rings is 1. The molecule has 0 aromatic heterocycles. The Kier molecular flexibility index (Phi) is 5.20. The van der Waals surface area contributed by atoms with Gasteiger partial charge in [-0.05, 0) is 43.5 Å². The molecule has 1 aromatic rings. The third-order valence-corrected chi connectivity index (χ3v) is 5.06. The molecule has 3 heteroatoms. The minimum Gasteiger partial charge on any atom is -0.316 e. The van der Waals surface area contributed by atoms with Crippen LogP contribution in [-0.2, 0) is 6.54 Å². The lowest BCUT2D eigenvalue weighted by atomic mass is 10.1. The Bertz CT molecular complexity index is 361. The van der Waals surface area contributed by atoms with Crippen molar-refractivity contribution >= 4 is 23.4 Å². The maximum Gasteiger partial charge on any atom is 0.0545 e. The van der Waals surface area contributed by atoms with Crippen molar-refractivity contribution in [1.82, 2.24) is 5.32 Å². The van der Waals surface area contributed by atoms with Crippen LogP contribution in [0.15, 0.2) is 23.1 Å². The van der Waals surface area contributed by atoms with Crippen molar-refractivity contribution in [1.29, 1.82) is 0 Å². The maximum absolute atomic E-state index is 6.30. The fourth-order valence-electron chi connectivity index (χ4n) is 2.36. The first-order valence-corrected chi connectivity index (χ1v) is 7.72. The summed E-state index contributed by atoms with van der Waals surface area (Å²) in [6.07, 6.45) is 5.64. The van der Waals surface area contributed by atoms with Crippen LogP contribution in [0.2, 0.25) is 5.02 Å². The average molecular weight is 270 g/mol. The molecule has 94 valence electrons. The van der Waals surface area contributed by atoms with Gasteiger partial charge in [-0.3, -0.25) is 0 Å². The topological polar surface area (TPSA) is 12.0 Å². The minimum atomic E-state index is 0.882. The quantitative estimate of drug-likeness (QED) is 0.798. The highest BCUT2D eigenvalue weighted by Crippen LogP contribution is 2.34. The van der Waals surface area contributed by atoms with Crippen LogP contribution in [0.25, 0.3) is 0 Å². The predicted octanol–water partition coefficient (Wildman–Crippen LogP) is 4.34. The van der Waals surface area contributed by atoms with Gasteiger partial charge in [-0.15, -0.1) is 11.8 Å². The van der Waals surface area contributed by atoms with Crippen LogP contribution in [0.3, 0.4) is 0 Å². The van der Waals surface area contributed by atoms with E-state index >= 15 is 0 Å². The lowest BCUT2D eigenvalue weighted by Gasteiger charge is -2.10. The van der Waals surface area contributed by atoms with Gasteiger partial charge in [-0.2, -0.15) is 0 Å². The van der Waals surface area contributed by atoms with Crippen molar-refractivity contribution in [2.45, 2.75) is 37.1 Å². The molecule has 1 saturated carbocycles. The Labute approximate surface area is 113 Å². The van der Waals surface area contributed by atoms with E-state index < -0.39 is 0 Å². The van der Waals surface area contributed by atoms with E-state index in [2.05, 4.69) is 23.5 Å². The summed E-state index contributed by atoms with van der Waals surface area (Å²) in [5.41, 5.74) is 1.25. The van der Waals surface area contributed by atoms with E-state index in [1.807, 2.05) is 18.8 Å². The first-order chi connectivity index (χ1) is 8.29. The Hall–Kier alpha value is -0.180. The van der Waals surface area contributed by atoms with Gasteiger partial charge in [0.15, 0.2) is 0 Å². The van der Waals surface area contributed by atoms with E-state index in [0.29, 0.717) is 0 Å². The van der Waals surface area contributed by atoms with Gasteiger partial charge in [0.25, 0.3) is 0 Å². The fourth-order valence-corrected chi connectivity index (χ4v) is 3.84. The lowest BCUT2D eigenvalue weighted by molar-refractivity contribution is 0.623. The zero-order valence-corrected chi connectivity index (χ0v) is 11.9. The van der Waals surface area contributed by atoms with Gasteiger partial charge in [0.2, 0.25) is 0 Å². The van der Waals surface area contributed by atoms with E-state index in [4.69, 9.17) is 11.6 Å². The van der Waals surface area contributed by atoms with Crippen molar-refractivity contribution in [3.05, 3.63) is 28.8 Å². The Morgan fingerprint density at radius 3 is 2.76 bits per heavy atom. The Balaban J connectivity index is 1.91. The van der Waals surface area contributed by atoms with E-state index in [9.17, 15) is 0 Å². The van der Waals surface area contributed by atoms with E-state index in [0.717, 1.165) is 17.5 Å². The molecule has 1 nitrogen and oxygen atoms in total. The first kappa shape index (κ1) is 13.3. The molecule has 1 aromatic carbocycles. The van der Waals surface area contributed by atoms with Crippen LogP contribution in [0.5, 0.6) is 0 Å². The normalized spacial score (nSPS) is 16.6. The molecule has 1 aliphatic rings. The SMILES string of the molecule is CNCc1ccc(SCC2CCCC2)c(Cl)c1. The van der Waals surface area contributed by atoms with Gasteiger partial charge in [-0.25, -0.2) is 0 Å². The summed E-state index contributed by atoms with van der Waals surface area (Å²) < 4.78 is 0. The van der Waals surface area contributed by atoms with Crippen LogP contribution < -0.4 is 5.32 Å². The summed E-state index contributed by atoms with van der Waals surface area (Å²) in [4.78, 5) is 1.23. The van der Waals surface area contributed by atoms with Crippen LogP contribution in [0, 0.1) is 5.92 Å². The van der Waals surface area contributed by atoms with Crippen LogP contribution in [0.1, 0.15) is 31.2 Å². The molecule has 0 spiro atoms. The van der Waals surface area contributed by atoms with Crippen molar-refractivity contribution in [3.8, 4) is 0 Å². The van der Waals surface area contributed by atoms with E-state index in [1.54, 1.807) is 0 Å². The van der Waals surface area contributed by atoms with Crippen LogP contribution in [-0.4, -0.2) is 12.8 Å². The van der Waals surface area contributed by atoms with E-state index in [1.165, 1.54) is 41.9 Å². The summed E-state index contributed by atoms with van der Waals surface area (Å²) in [6, 6.07) is 6.41. The second-order valence-corrected chi connectivity index (χ2v) is 6.23. The summed E-state index contributed by atoms with van der Waals surface area (Å²) in [6.45, 7) is 0.882. The molecule has 1 aliphatic carbocycles. The smallest absolute Gasteiger partial charge is 0.0545 e. The molecule has 0 atom stereocenters. The summed E-state index contributed by atoms with van der Waals surface area (Å²) >= 11 is 8.22. The van der Waals surface area contributed by atoms with Crippen LogP contribution in [0.4, 0.5) is 0 Å². The average Bonchev–Trinajstić information content (AvgIpc) is 2.81. The molecule has 0 amide bonds. The van der Waals surface area contributed by atoms with Crippen LogP contribution >= 0.6 is 23.4 Å². The molecule has 0 saturated heterocycles. The maximum atomic E-state index is 6.30. The van der Waals surface area contributed by atoms with Gasteiger partial charge in [-0.1, -0.05) is 30.5 Å². The number of rotatable bonds is 5. The molecular weight excluding hydrogens is 250 g/mol. The van der Waals surface area contributed by atoms with Crippen molar-refractivity contribution in [3.63, 3.8) is 0 Å². The molecule has 2 rings (SSSR count). The monoisotopic (exact) mass is 269 g/mol. The molecular formula is C14H20ClNS. The zero-order valence-electron chi connectivity index (χ0n) is 10.3. The van der Waals surface area contributed by atoms with Gasteiger partial charge in [0.05, 0.1) is 5.02 Å². The highest BCUT2D eigenvalue weighted by Gasteiger charge is 2.15. The van der Waals surface area contributed by atoms with Crippen molar-refractivity contribution in [2.75, 3.05) is 12.8 Å². The Morgan fingerprint density at radius 1 is 1.35 bits per heavy atom. The third-order valence-electron chi connectivity index (χ3n) is 3.33. The van der Waals surface area contributed by atoms with Gasteiger partial charge in [0, 0.05) is 17.2 Å². The number of hydrogen-bond acceptors (Lipinski definition) is 2. The molecule has 0 radical (unpaired) electrons. The first-order valence-electron chi connectivity index (χ1n) is 6.35. The summed E-state index contributed by atoms with van der Waals surface area (Å²) in [7, 11) is 1.96. The van der Waals surface area contributed by atoms with Crippen molar-refractivity contribution in [2.24, 2.45) is 5.92 Å².